The molecule has 1 aliphatic rings. The van der Waals surface area contributed by atoms with Crippen molar-refractivity contribution in [2.75, 3.05) is 25.9 Å². The summed E-state index contributed by atoms with van der Waals surface area (Å²) < 4.78 is 27.3. The van der Waals surface area contributed by atoms with E-state index in [4.69, 9.17) is 5.73 Å². The van der Waals surface area contributed by atoms with Gasteiger partial charge in [0.1, 0.15) is 4.90 Å². The first-order valence-corrected chi connectivity index (χ1v) is 8.44. The molecule has 0 spiro atoms. The summed E-state index contributed by atoms with van der Waals surface area (Å²) in [6.07, 6.45) is 3.37. The summed E-state index contributed by atoms with van der Waals surface area (Å²) in [6.45, 7) is 3.35. The molecule has 1 aromatic carbocycles. The maximum Gasteiger partial charge on any atom is 0.242 e. The summed E-state index contributed by atoms with van der Waals surface area (Å²) in [5.74, 6) is 0. The van der Waals surface area contributed by atoms with E-state index in [0.717, 1.165) is 24.9 Å². The third kappa shape index (κ3) is 3.50. The Morgan fingerprint density at radius 1 is 1.40 bits per heavy atom. The number of piperidine rings is 1. The topological polar surface area (TPSA) is 75.4 Å². The molecule has 2 rings (SSSR count). The summed E-state index contributed by atoms with van der Waals surface area (Å²) in [5.41, 5.74) is 7.07. The maximum absolute atomic E-state index is 12.3. The second-order valence-corrected chi connectivity index (χ2v) is 7.26. The lowest BCUT2D eigenvalue weighted by Gasteiger charge is -2.32. The average Bonchev–Trinajstić information content (AvgIpc) is 2.37. The molecule has 1 saturated heterocycles. The van der Waals surface area contributed by atoms with Gasteiger partial charge in [-0.05, 0) is 51.1 Å². The number of anilines is 1. The number of likely N-dealkylation sites (tertiary alicyclic amines) is 1. The summed E-state index contributed by atoms with van der Waals surface area (Å²) in [5, 5.41) is 0. The van der Waals surface area contributed by atoms with Crippen LogP contribution in [0.25, 0.3) is 0 Å². The van der Waals surface area contributed by atoms with E-state index in [1.54, 1.807) is 18.2 Å². The van der Waals surface area contributed by atoms with E-state index in [0.29, 0.717) is 12.2 Å². The Morgan fingerprint density at radius 2 is 2.15 bits per heavy atom. The molecular formula is C14H23N3O2S. The summed E-state index contributed by atoms with van der Waals surface area (Å²) in [6, 6.07) is 5.28. The molecule has 6 heteroatoms. The smallest absolute Gasteiger partial charge is 0.242 e. The van der Waals surface area contributed by atoms with Gasteiger partial charge in [-0.15, -0.1) is 0 Å². The predicted molar refractivity (Wildman–Crippen MR) is 81.0 cm³/mol. The van der Waals surface area contributed by atoms with Crippen molar-refractivity contribution in [3.8, 4) is 0 Å². The quantitative estimate of drug-likeness (QED) is 0.822. The van der Waals surface area contributed by atoms with E-state index in [1.165, 1.54) is 6.42 Å². The molecule has 0 bridgehead atoms. The van der Waals surface area contributed by atoms with Gasteiger partial charge >= 0.3 is 0 Å². The zero-order valence-electron chi connectivity index (χ0n) is 12.1. The molecule has 1 fully saturated rings. The molecule has 0 amide bonds. The van der Waals surface area contributed by atoms with Crippen LogP contribution >= 0.6 is 0 Å². The van der Waals surface area contributed by atoms with Gasteiger partial charge in [0.05, 0.1) is 5.69 Å². The molecule has 1 atom stereocenters. The first-order valence-electron chi connectivity index (χ1n) is 6.96. The number of nitrogens with two attached hydrogens (primary N) is 1. The molecule has 1 heterocycles. The number of likely N-dealkylation sites (N-methyl/N-ethyl adjacent to an activating group) is 1. The van der Waals surface area contributed by atoms with Crippen LogP contribution in [-0.2, 0) is 10.0 Å². The van der Waals surface area contributed by atoms with E-state index in [2.05, 4.69) is 9.62 Å². The zero-order valence-corrected chi connectivity index (χ0v) is 12.9. The van der Waals surface area contributed by atoms with Crippen molar-refractivity contribution in [2.45, 2.75) is 37.1 Å². The van der Waals surface area contributed by atoms with E-state index in [-0.39, 0.29) is 10.9 Å². The normalized spacial score (nSPS) is 21.0. The lowest BCUT2D eigenvalue weighted by Crippen LogP contribution is -2.44. The van der Waals surface area contributed by atoms with Crippen LogP contribution in [0.3, 0.4) is 0 Å². The van der Waals surface area contributed by atoms with Crippen LogP contribution in [0.2, 0.25) is 0 Å². The molecule has 0 aliphatic carbocycles. The Kier molecular flexibility index (Phi) is 4.67. The fraction of sp³-hybridized carbons (Fsp3) is 0.571. The van der Waals surface area contributed by atoms with Crippen molar-refractivity contribution in [3.05, 3.63) is 23.8 Å². The van der Waals surface area contributed by atoms with Crippen LogP contribution in [0.5, 0.6) is 0 Å². The Morgan fingerprint density at radius 3 is 2.80 bits per heavy atom. The number of benzene rings is 1. The number of nitrogens with zero attached hydrogens (tertiary/aromatic N) is 1. The number of rotatable bonds is 4. The number of aryl methyl sites for hydroxylation is 1. The largest absolute Gasteiger partial charge is 0.398 e. The van der Waals surface area contributed by atoms with Crippen molar-refractivity contribution < 1.29 is 8.42 Å². The lowest BCUT2D eigenvalue weighted by atomic mass is 10.0. The van der Waals surface area contributed by atoms with Crippen LogP contribution < -0.4 is 10.5 Å². The van der Waals surface area contributed by atoms with Crippen molar-refractivity contribution in [1.82, 2.24) is 9.62 Å². The third-order valence-corrected chi connectivity index (χ3v) is 5.38. The molecule has 20 heavy (non-hydrogen) atoms. The summed E-state index contributed by atoms with van der Waals surface area (Å²) in [4.78, 5) is 2.38. The molecule has 0 radical (unpaired) electrons. The molecular weight excluding hydrogens is 274 g/mol. The van der Waals surface area contributed by atoms with Gasteiger partial charge in [-0.2, -0.15) is 0 Å². The lowest BCUT2D eigenvalue weighted by molar-refractivity contribution is 0.187. The second kappa shape index (κ2) is 6.11. The standard InChI is InChI=1S/C14H23N3O2S/c1-11-6-7-14(13(15)9-11)20(18,19)16-10-12-5-3-4-8-17(12)2/h6-7,9,12,16H,3-5,8,10,15H2,1-2H3. The minimum Gasteiger partial charge on any atom is -0.398 e. The SMILES string of the molecule is Cc1ccc(S(=O)(=O)NCC2CCCCN2C)c(N)c1. The minimum absolute atomic E-state index is 0.168. The van der Waals surface area contributed by atoms with Gasteiger partial charge in [0.25, 0.3) is 0 Å². The fourth-order valence-corrected chi connectivity index (χ4v) is 3.78. The van der Waals surface area contributed by atoms with Gasteiger partial charge in [0.15, 0.2) is 0 Å². The highest BCUT2D eigenvalue weighted by Gasteiger charge is 2.23. The van der Waals surface area contributed by atoms with Gasteiger partial charge in [0, 0.05) is 12.6 Å². The first-order chi connectivity index (χ1) is 9.40. The monoisotopic (exact) mass is 297 g/mol. The molecule has 0 aromatic heterocycles. The summed E-state index contributed by atoms with van der Waals surface area (Å²) >= 11 is 0. The van der Waals surface area contributed by atoms with Crippen LogP contribution in [0, 0.1) is 6.92 Å². The van der Waals surface area contributed by atoms with Gasteiger partial charge in [-0.25, -0.2) is 13.1 Å². The van der Waals surface area contributed by atoms with Crippen molar-refractivity contribution in [1.29, 1.82) is 0 Å². The van der Waals surface area contributed by atoms with E-state index < -0.39 is 10.0 Å². The summed E-state index contributed by atoms with van der Waals surface area (Å²) in [7, 11) is -1.49. The number of hydrogen-bond donors (Lipinski definition) is 2. The van der Waals surface area contributed by atoms with Gasteiger partial charge < -0.3 is 10.6 Å². The maximum atomic E-state index is 12.3. The second-order valence-electron chi connectivity index (χ2n) is 5.52. The highest BCUT2D eigenvalue weighted by Crippen LogP contribution is 2.20. The predicted octanol–water partition coefficient (Wildman–Crippen LogP) is 1.34. The highest BCUT2D eigenvalue weighted by atomic mass is 32.2. The Balaban J connectivity index is 2.07. The van der Waals surface area contributed by atoms with E-state index in [9.17, 15) is 8.42 Å². The molecule has 5 nitrogen and oxygen atoms in total. The van der Waals surface area contributed by atoms with Crippen molar-refractivity contribution >= 4 is 15.7 Å². The van der Waals surface area contributed by atoms with Crippen LogP contribution in [-0.4, -0.2) is 39.5 Å². The number of hydrogen-bond acceptors (Lipinski definition) is 4. The van der Waals surface area contributed by atoms with Gasteiger partial charge in [0.2, 0.25) is 10.0 Å². The average molecular weight is 297 g/mol. The number of nitrogen functional groups attached to an aromatic ring is 1. The highest BCUT2D eigenvalue weighted by molar-refractivity contribution is 7.89. The Hall–Kier alpha value is -1.11. The molecule has 3 N–H and O–H groups in total. The Bertz CT molecular complexity index is 572. The molecule has 0 saturated carbocycles. The molecule has 112 valence electrons. The first kappa shape index (κ1) is 15.3. The van der Waals surface area contributed by atoms with Crippen molar-refractivity contribution in [2.24, 2.45) is 0 Å². The molecule has 1 aliphatic heterocycles. The zero-order chi connectivity index (χ0) is 14.8. The van der Waals surface area contributed by atoms with Crippen LogP contribution in [0.1, 0.15) is 24.8 Å². The number of sulfonamides is 1. The fourth-order valence-electron chi connectivity index (χ4n) is 2.60. The van der Waals surface area contributed by atoms with Gasteiger partial charge in [-0.3, -0.25) is 0 Å². The van der Waals surface area contributed by atoms with Crippen LogP contribution in [0.4, 0.5) is 5.69 Å². The number of nitrogens with one attached hydrogen (secondary N) is 1. The Labute approximate surface area is 121 Å². The molecule has 1 unspecified atom stereocenters. The van der Waals surface area contributed by atoms with E-state index in [1.807, 2.05) is 14.0 Å². The van der Waals surface area contributed by atoms with E-state index >= 15 is 0 Å². The minimum atomic E-state index is -3.53. The van der Waals surface area contributed by atoms with Crippen molar-refractivity contribution in [3.63, 3.8) is 0 Å². The van der Waals surface area contributed by atoms with Gasteiger partial charge in [-0.1, -0.05) is 12.5 Å². The molecule has 1 aromatic rings. The third-order valence-electron chi connectivity index (χ3n) is 3.89. The van der Waals surface area contributed by atoms with Crippen LogP contribution in [0.15, 0.2) is 23.1 Å².